The van der Waals surface area contributed by atoms with Gasteiger partial charge in [-0.15, -0.1) is 0 Å². The van der Waals surface area contributed by atoms with Gasteiger partial charge in [0.2, 0.25) is 11.8 Å². The maximum atomic E-state index is 13.0. The first-order valence-corrected chi connectivity index (χ1v) is 16.1. The minimum absolute atomic E-state index is 0.0623. The van der Waals surface area contributed by atoms with E-state index in [9.17, 15) is 9.59 Å². The molecular weight excluding hydrogens is 567 g/mol. The number of halogens is 2. The van der Waals surface area contributed by atoms with E-state index >= 15 is 0 Å². The lowest BCUT2D eigenvalue weighted by molar-refractivity contribution is -0.134. The first-order chi connectivity index (χ1) is 19.4. The average molecular weight is 606 g/mol. The number of amides is 2. The van der Waals surface area contributed by atoms with Gasteiger partial charge in [0, 0.05) is 64.3 Å². The molecule has 1 saturated carbocycles. The van der Waals surface area contributed by atoms with Crippen LogP contribution in [0.4, 0.5) is 11.5 Å². The molecule has 11 heteroatoms. The van der Waals surface area contributed by atoms with E-state index < -0.39 is 0 Å². The molecule has 40 heavy (non-hydrogen) atoms. The molecule has 1 atom stereocenters. The normalized spacial score (nSPS) is 20.3. The fraction of sp³-hybridized carbons (Fsp3) is 0.586. The van der Waals surface area contributed by atoms with E-state index in [1.54, 1.807) is 6.07 Å². The van der Waals surface area contributed by atoms with Crippen molar-refractivity contribution in [2.45, 2.75) is 56.6 Å². The van der Waals surface area contributed by atoms with Gasteiger partial charge in [0.25, 0.3) is 0 Å². The first kappa shape index (κ1) is 29.3. The highest BCUT2D eigenvalue weighted by Crippen LogP contribution is 2.30. The number of aromatic nitrogens is 2. The van der Waals surface area contributed by atoms with Crippen LogP contribution in [0.5, 0.6) is 0 Å². The lowest BCUT2D eigenvalue weighted by Crippen LogP contribution is -2.54. The lowest BCUT2D eigenvalue weighted by Gasteiger charge is -2.40. The van der Waals surface area contributed by atoms with Crippen LogP contribution in [0.15, 0.2) is 35.5 Å². The Bertz CT molecular complexity index is 1190. The third-order valence-electron chi connectivity index (χ3n) is 8.32. The molecule has 0 N–H and O–H groups in total. The molecule has 2 amide bonds. The van der Waals surface area contributed by atoms with Crippen LogP contribution >= 0.6 is 35.0 Å². The number of carbonyl (C=O) groups is 2. The summed E-state index contributed by atoms with van der Waals surface area (Å²) in [6.07, 6.45) is 6.84. The summed E-state index contributed by atoms with van der Waals surface area (Å²) < 4.78 is 0. The number of piperazine rings is 2. The number of benzene rings is 1. The van der Waals surface area contributed by atoms with E-state index in [-0.39, 0.29) is 23.6 Å². The van der Waals surface area contributed by atoms with Crippen molar-refractivity contribution in [3.63, 3.8) is 0 Å². The molecule has 0 bridgehead atoms. The van der Waals surface area contributed by atoms with Crippen molar-refractivity contribution in [2.24, 2.45) is 5.92 Å². The van der Waals surface area contributed by atoms with Crippen molar-refractivity contribution in [3.05, 3.63) is 40.5 Å². The number of nitrogens with zero attached hydrogens (tertiary/aromatic N) is 6. The molecule has 0 spiro atoms. The number of carbonyl (C=O) groups excluding carboxylic acids is 2. The SMILES string of the molecule is CC1CN(c2cc(Cl)nc(SCC(=O)N3CCN(c4ccccc4Cl)CC3)n2)CCN1C(=O)CCC1CCCC1. The first-order valence-electron chi connectivity index (χ1n) is 14.4. The number of hydrogen-bond donors (Lipinski definition) is 0. The van der Waals surface area contributed by atoms with Gasteiger partial charge in [0.1, 0.15) is 11.0 Å². The van der Waals surface area contributed by atoms with Gasteiger partial charge < -0.3 is 19.6 Å². The molecule has 1 unspecified atom stereocenters. The van der Waals surface area contributed by atoms with Crippen molar-refractivity contribution < 1.29 is 9.59 Å². The summed E-state index contributed by atoms with van der Waals surface area (Å²) >= 11 is 14.0. The zero-order valence-corrected chi connectivity index (χ0v) is 25.4. The van der Waals surface area contributed by atoms with Gasteiger partial charge in [0.15, 0.2) is 5.16 Å². The zero-order valence-electron chi connectivity index (χ0n) is 23.1. The molecule has 0 radical (unpaired) electrons. The minimum Gasteiger partial charge on any atom is -0.367 e. The number of anilines is 2. The van der Waals surface area contributed by atoms with Gasteiger partial charge in [-0.05, 0) is 31.4 Å². The highest BCUT2D eigenvalue weighted by molar-refractivity contribution is 7.99. The van der Waals surface area contributed by atoms with Gasteiger partial charge in [-0.3, -0.25) is 9.59 Å². The molecule has 3 aliphatic rings. The second-order valence-electron chi connectivity index (χ2n) is 11.0. The molecule has 1 aromatic heterocycles. The van der Waals surface area contributed by atoms with Crippen LogP contribution in [0.3, 0.4) is 0 Å². The maximum Gasteiger partial charge on any atom is 0.233 e. The van der Waals surface area contributed by atoms with Crippen LogP contribution in [-0.2, 0) is 9.59 Å². The number of thioether (sulfide) groups is 1. The fourth-order valence-corrected chi connectivity index (χ4v) is 7.28. The second-order valence-corrected chi connectivity index (χ2v) is 12.7. The van der Waals surface area contributed by atoms with Crippen molar-refractivity contribution in [3.8, 4) is 0 Å². The van der Waals surface area contributed by atoms with E-state index in [1.807, 2.05) is 34.1 Å². The van der Waals surface area contributed by atoms with Crippen LogP contribution in [0.2, 0.25) is 10.2 Å². The second kappa shape index (κ2) is 13.6. The van der Waals surface area contributed by atoms with Gasteiger partial charge in [-0.2, -0.15) is 0 Å². The van der Waals surface area contributed by atoms with Crippen molar-refractivity contribution in [1.29, 1.82) is 0 Å². The fourth-order valence-electron chi connectivity index (χ4n) is 6.04. The quantitative estimate of drug-likeness (QED) is 0.232. The highest BCUT2D eigenvalue weighted by Gasteiger charge is 2.29. The van der Waals surface area contributed by atoms with Gasteiger partial charge in [0.05, 0.1) is 16.5 Å². The van der Waals surface area contributed by atoms with E-state index in [4.69, 9.17) is 28.2 Å². The zero-order chi connectivity index (χ0) is 28.1. The number of para-hydroxylation sites is 1. The van der Waals surface area contributed by atoms with Crippen molar-refractivity contribution in [2.75, 3.05) is 61.4 Å². The molecular formula is C29H38Cl2N6O2S. The molecule has 2 aromatic rings. The summed E-state index contributed by atoms with van der Waals surface area (Å²) in [6, 6.07) is 9.67. The van der Waals surface area contributed by atoms with E-state index in [2.05, 4.69) is 21.7 Å². The summed E-state index contributed by atoms with van der Waals surface area (Å²) in [5, 5.41) is 1.58. The maximum absolute atomic E-state index is 13.0. The summed E-state index contributed by atoms with van der Waals surface area (Å²) in [5.41, 5.74) is 1.01. The van der Waals surface area contributed by atoms with Gasteiger partial charge in [-0.25, -0.2) is 9.97 Å². The third kappa shape index (κ3) is 7.34. The molecule has 8 nitrogen and oxygen atoms in total. The summed E-state index contributed by atoms with van der Waals surface area (Å²) in [7, 11) is 0. The third-order valence-corrected chi connectivity index (χ3v) is 9.67. The summed E-state index contributed by atoms with van der Waals surface area (Å²) in [4.78, 5) is 43.3. The Morgan fingerprint density at radius 2 is 1.68 bits per heavy atom. The monoisotopic (exact) mass is 604 g/mol. The summed E-state index contributed by atoms with van der Waals surface area (Å²) in [6.45, 7) is 6.94. The topological polar surface area (TPSA) is 72.9 Å². The van der Waals surface area contributed by atoms with Crippen molar-refractivity contribution in [1.82, 2.24) is 19.8 Å². The van der Waals surface area contributed by atoms with Crippen molar-refractivity contribution >= 4 is 58.3 Å². The van der Waals surface area contributed by atoms with E-state index in [1.165, 1.54) is 37.4 Å². The Labute approximate surface area is 251 Å². The molecule has 2 aliphatic heterocycles. The Morgan fingerprint density at radius 1 is 0.950 bits per heavy atom. The summed E-state index contributed by atoms with van der Waals surface area (Å²) in [5.74, 6) is 2.05. The van der Waals surface area contributed by atoms with Crippen LogP contribution in [0, 0.1) is 5.92 Å². The van der Waals surface area contributed by atoms with Crippen LogP contribution in [0.1, 0.15) is 45.4 Å². The molecule has 2 saturated heterocycles. The van der Waals surface area contributed by atoms with E-state index in [0.717, 1.165) is 42.0 Å². The van der Waals surface area contributed by atoms with Gasteiger partial charge in [-0.1, -0.05) is 72.8 Å². The predicted octanol–water partition coefficient (Wildman–Crippen LogP) is 5.23. The standard InChI is InChI=1S/C29H38Cl2N6O2S/c1-21-19-36(16-17-37(21)27(38)11-10-22-6-2-3-7-22)26-18-25(31)32-29(33-26)40-20-28(39)35-14-12-34(13-15-35)24-9-5-4-8-23(24)30/h4-5,8-9,18,21-22H,2-3,6-7,10-17,19-20H2,1H3. The van der Waals surface area contributed by atoms with Crippen LogP contribution < -0.4 is 9.80 Å². The van der Waals surface area contributed by atoms with Crippen LogP contribution in [0.25, 0.3) is 0 Å². The molecule has 3 fully saturated rings. The van der Waals surface area contributed by atoms with E-state index in [0.29, 0.717) is 49.5 Å². The largest absolute Gasteiger partial charge is 0.367 e. The minimum atomic E-state index is 0.0623. The Kier molecular flexibility index (Phi) is 9.97. The van der Waals surface area contributed by atoms with Gasteiger partial charge >= 0.3 is 0 Å². The lowest BCUT2D eigenvalue weighted by atomic mass is 10.0. The molecule has 216 valence electrons. The van der Waals surface area contributed by atoms with Crippen LogP contribution in [-0.4, -0.2) is 89.2 Å². The molecule has 1 aromatic carbocycles. The average Bonchev–Trinajstić information content (AvgIpc) is 3.48. The number of rotatable bonds is 8. The number of hydrogen-bond acceptors (Lipinski definition) is 7. The molecule has 1 aliphatic carbocycles. The smallest absolute Gasteiger partial charge is 0.233 e. The molecule has 5 rings (SSSR count). The molecule has 3 heterocycles. The predicted molar refractivity (Wildman–Crippen MR) is 163 cm³/mol. The Balaban J connectivity index is 1.10. The highest BCUT2D eigenvalue weighted by atomic mass is 35.5. The Morgan fingerprint density at radius 3 is 2.40 bits per heavy atom. The Hall–Kier alpha value is -2.23.